The highest BCUT2D eigenvalue weighted by atomic mass is 16.3. The van der Waals surface area contributed by atoms with Gasteiger partial charge in [0.2, 0.25) is 0 Å². The maximum Gasteiger partial charge on any atom is 0.0761 e. The molecule has 82 valence electrons. The number of rotatable bonds is 2. The molecule has 1 nitrogen and oxygen atoms in total. The van der Waals surface area contributed by atoms with Crippen molar-refractivity contribution in [3.05, 3.63) is 35.4 Å². The highest BCUT2D eigenvalue weighted by Crippen LogP contribution is 2.32. The van der Waals surface area contributed by atoms with Gasteiger partial charge in [-0.05, 0) is 36.8 Å². The summed E-state index contributed by atoms with van der Waals surface area (Å²) in [5.41, 5.74) is 2.48. The van der Waals surface area contributed by atoms with Crippen molar-refractivity contribution in [3.8, 4) is 0 Å². The van der Waals surface area contributed by atoms with Crippen molar-refractivity contribution in [1.29, 1.82) is 0 Å². The third-order valence-electron chi connectivity index (χ3n) is 3.50. The van der Waals surface area contributed by atoms with E-state index in [2.05, 4.69) is 24.3 Å². The van der Waals surface area contributed by atoms with E-state index < -0.39 is 0 Å². The Balaban J connectivity index is 2.08. The maximum atomic E-state index is 9.42. The third-order valence-corrected chi connectivity index (χ3v) is 3.50. The molecule has 0 aliphatic heterocycles. The molecule has 1 fully saturated rings. The summed E-state index contributed by atoms with van der Waals surface area (Å²) < 4.78 is 0. The number of hydrogen-bond donors (Lipinski definition) is 1. The summed E-state index contributed by atoms with van der Waals surface area (Å²) in [6.07, 6.45) is 6.50. The molecule has 1 heteroatoms. The van der Waals surface area contributed by atoms with Crippen molar-refractivity contribution in [1.82, 2.24) is 0 Å². The smallest absolute Gasteiger partial charge is 0.0761 e. The molecule has 0 spiro atoms. The Morgan fingerprint density at radius 3 is 2.20 bits per heavy atom. The molecule has 0 saturated heterocycles. The van der Waals surface area contributed by atoms with Crippen LogP contribution < -0.4 is 0 Å². The van der Waals surface area contributed by atoms with Gasteiger partial charge in [0.15, 0.2) is 0 Å². The highest BCUT2D eigenvalue weighted by molar-refractivity contribution is 5.26. The summed E-state index contributed by atoms with van der Waals surface area (Å²) >= 11 is 0. The van der Waals surface area contributed by atoms with Crippen LogP contribution in [0.15, 0.2) is 24.3 Å². The second-order valence-electron chi connectivity index (χ2n) is 4.68. The average Bonchev–Trinajstić information content (AvgIpc) is 2.30. The monoisotopic (exact) mass is 204 g/mol. The summed E-state index contributed by atoms with van der Waals surface area (Å²) in [5, 5.41) is 9.42. The zero-order valence-corrected chi connectivity index (χ0v) is 9.45. The van der Waals surface area contributed by atoms with Crippen molar-refractivity contribution in [3.63, 3.8) is 0 Å². The molecule has 1 aliphatic rings. The van der Waals surface area contributed by atoms with E-state index in [9.17, 15) is 5.11 Å². The van der Waals surface area contributed by atoms with E-state index in [0.29, 0.717) is 0 Å². The Bertz CT molecular complexity index is 294. The van der Waals surface area contributed by atoms with E-state index in [0.717, 1.165) is 11.5 Å². The summed E-state index contributed by atoms with van der Waals surface area (Å²) in [6, 6.07) is 8.51. The molecule has 0 radical (unpaired) electrons. The van der Waals surface area contributed by atoms with Gasteiger partial charge in [-0.3, -0.25) is 0 Å². The molecule has 0 aromatic heterocycles. The van der Waals surface area contributed by atoms with Crippen LogP contribution in [0.5, 0.6) is 0 Å². The highest BCUT2D eigenvalue weighted by Gasteiger charge is 2.15. The molecular formula is C14H20O. The van der Waals surface area contributed by atoms with Crippen LogP contribution in [-0.4, -0.2) is 5.11 Å². The van der Waals surface area contributed by atoms with E-state index >= 15 is 0 Å². The van der Waals surface area contributed by atoms with Gasteiger partial charge in [0.25, 0.3) is 0 Å². The van der Waals surface area contributed by atoms with Gasteiger partial charge in [0.05, 0.1) is 6.10 Å². The third kappa shape index (κ3) is 2.60. The predicted octanol–water partition coefficient (Wildman–Crippen LogP) is 3.79. The molecule has 1 saturated carbocycles. The first-order valence-corrected chi connectivity index (χ1v) is 6.05. The molecule has 1 aliphatic carbocycles. The molecule has 1 atom stereocenters. The van der Waals surface area contributed by atoms with Crippen LogP contribution in [0.3, 0.4) is 0 Å². The van der Waals surface area contributed by atoms with Gasteiger partial charge in [-0.1, -0.05) is 43.5 Å². The Morgan fingerprint density at radius 1 is 1.07 bits per heavy atom. The van der Waals surface area contributed by atoms with Crippen LogP contribution >= 0.6 is 0 Å². The maximum absolute atomic E-state index is 9.42. The molecular weight excluding hydrogens is 184 g/mol. The molecule has 0 unspecified atom stereocenters. The van der Waals surface area contributed by atoms with Gasteiger partial charge in [-0.25, -0.2) is 0 Å². The van der Waals surface area contributed by atoms with Gasteiger partial charge >= 0.3 is 0 Å². The Morgan fingerprint density at radius 2 is 1.67 bits per heavy atom. The standard InChI is InChI=1S/C14H20O/c1-11(15)12-7-9-14(10-8-12)13-5-3-2-4-6-13/h7-11,13,15H,2-6H2,1H3/t11-/m1/s1. The van der Waals surface area contributed by atoms with Gasteiger partial charge in [-0.15, -0.1) is 0 Å². The Kier molecular flexibility index (Phi) is 3.42. The summed E-state index contributed by atoms with van der Waals surface area (Å²) in [4.78, 5) is 0. The average molecular weight is 204 g/mol. The molecule has 0 heterocycles. The Labute approximate surface area is 92.1 Å². The molecule has 0 amide bonds. The van der Waals surface area contributed by atoms with Crippen molar-refractivity contribution in [2.75, 3.05) is 0 Å². The first kappa shape index (κ1) is 10.7. The lowest BCUT2D eigenvalue weighted by molar-refractivity contribution is 0.199. The zero-order valence-electron chi connectivity index (χ0n) is 9.45. The summed E-state index contributed by atoms with van der Waals surface area (Å²) in [5.74, 6) is 0.766. The SMILES string of the molecule is C[C@@H](O)c1ccc(C2CCCCC2)cc1. The van der Waals surface area contributed by atoms with Crippen molar-refractivity contribution in [2.45, 2.75) is 51.0 Å². The van der Waals surface area contributed by atoms with Crippen molar-refractivity contribution < 1.29 is 5.11 Å². The zero-order chi connectivity index (χ0) is 10.7. The Hall–Kier alpha value is -0.820. The topological polar surface area (TPSA) is 20.2 Å². The lowest BCUT2D eigenvalue weighted by atomic mass is 9.84. The summed E-state index contributed by atoms with van der Waals surface area (Å²) in [7, 11) is 0. The van der Waals surface area contributed by atoms with E-state index in [1.54, 1.807) is 0 Å². The van der Waals surface area contributed by atoms with Crippen molar-refractivity contribution in [2.24, 2.45) is 0 Å². The number of benzene rings is 1. The van der Waals surface area contributed by atoms with Gasteiger partial charge < -0.3 is 5.11 Å². The normalized spacial score (nSPS) is 20.1. The fourth-order valence-corrected chi connectivity index (χ4v) is 2.48. The molecule has 0 bridgehead atoms. The molecule has 1 N–H and O–H groups in total. The first-order valence-electron chi connectivity index (χ1n) is 6.05. The molecule has 2 rings (SSSR count). The van der Waals surface area contributed by atoms with E-state index in [1.165, 1.54) is 37.7 Å². The largest absolute Gasteiger partial charge is 0.389 e. The van der Waals surface area contributed by atoms with Gasteiger partial charge in [0, 0.05) is 0 Å². The van der Waals surface area contributed by atoms with Crippen LogP contribution in [0.4, 0.5) is 0 Å². The number of aliphatic hydroxyl groups excluding tert-OH is 1. The number of aliphatic hydroxyl groups is 1. The molecule has 1 aromatic rings. The van der Waals surface area contributed by atoms with Crippen LogP contribution in [0.1, 0.15) is 62.2 Å². The van der Waals surface area contributed by atoms with E-state index in [4.69, 9.17) is 0 Å². The minimum absolute atomic E-state index is 0.342. The van der Waals surface area contributed by atoms with Crippen LogP contribution in [-0.2, 0) is 0 Å². The fraction of sp³-hybridized carbons (Fsp3) is 0.571. The van der Waals surface area contributed by atoms with Crippen LogP contribution in [0.2, 0.25) is 0 Å². The first-order chi connectivity index (χ1) is 7.27. The second-order valence-corrected chi connectivity index (χ2v) is 4.68. The minimum Gasteiger partial charge on any atom is -0.389 e. The second kappa shape index (κ2) is 4.80. The van der Waals surface area contributed by atoms with Crippen molar-refractivity contribution >= 4 is 0 Å². The van der Waals surface area contributed by atoms with Crippen LogP contribution in [0.25, 0.3) is 0 Å². The van der Waals surface area contributed by atoms with E-state index in [1.807, 2.05) is 6.92 Å². The van der Waals surface area contributed by atoms with E-state index in [-0.39, 0.29) is 6.10 Å². The van der Waals surface area contributed by atoms with Crippen LogP contribution in [0, 0.1) is 0 Å². The predicted molar refractivity (Wildman–Crippen MR) is 62.9 cm³/mol. The summed E-state index contributed by atoms with van der Waals surface area (Å²) in [6.45, 7) is 1.82. The molecule has 15 heavy (non-hydrogen) atoms. The van der Waals surface area contributed by atoms with Gasteiger partial charge in [-0.2, -0.15) is 0 Å². The van der Waals surface area contributed by atoms with Gasteiger partial charge in [0.1, 0.15) is 0 Å². The molecule has 1 aromatic carbocycles. The minimum atomic E-state index is -0.342. The lowest BCUT2D eigenvalue weighted by Crippen LogP contribution is -2.04. The lowest BCUT2D eigenvalue weighted by Gasteiger charge is -2.22. The number of hydrogen-bond acceptors (Lipinski definition) is 1. The fourth-order valence-electron chi connectivity index (χ4n) is 2.48. The quantitative estimate of drug-likeness (QED) is 0.777.